The topological polar surface area (TPSA) is 76.2 Å². The number of rotatable bonds is 5. The summed E-state index contributed by atoms with van der Waals surface area (Å²) < 4.78 is 5.23. The number of carbonyl (C=O) groups is 1. The molecule has 0 radical (unpaired) electrons. The maximum Gasteiger partial charge on any atom is 0.179 e. The van der Waals surface area contributed by atoms with Crippen LogP contribution in [-0.2, 0) is 9.53 Å². The third-order valence-electron chi connectivity index (χ3n) is 1.95. The van der Waals surface area contributed by atoms with Crippen molar-refractivity contribution in [2.75, 3.05) is 6.61 Å². The van der Waals surface area contributed by atoms with Crippen molar-refractivity contribution < 1.29 is 9.53 Å². The predicted molar refractivity (Wildman–Crippen MR) is 49.4 cm³/mol. The van der Waals surface area contributed by atoms with Crippen molar-refractivity contribution in [2.24, 2.45) is 11.7 Å². The molecule has 0 heterocycles. The van der Waals surface area contributed by atoms with E-state index >= 15 is 0 Å². The third kappa shape index (κ3) is 2.89. The van der Waals surface area contributed by atoms with E-state index in [0.717, 1.165) is 6.21 Å². The van der Waals surface area contributed by atoms with Crippen molar-refractivity contribution in [3.8, 4) is 0 Å². The molecule has 0 aromatic carbocycles. The molecule has 0 bridgehead atoms. The highest BCUT2D eigenvalue weighted by Crippen LogP contribution is 2.29. The van der Waals surface area contributed by atoms with Gasteiger partial charge in [0.15, 0.2) is 11.5 Å². The van der Waals surface area contributed by atoms with Crippen LogP contribution < -0.4 is 5.73 Å². The van der Waals surface area contributed by atoms with Gasteiger partial charge in [0.05, 0.1) is 12.8 Å². The lowest BCUT2D eigenvalue weighted by molar-refractivity contribution is -0.113. The molecule has 0 atom stereocenters. The molecule has 3 N–H and O–H groups in total. The molecule has 1 saturated carbocycles. The SMILES string of the molecule is CC(=O)C(N)=C(C=N)OCC1CC1. The number of nitrogens with two attached hydrogens (primary N) is 1. The summed E-state index contributed by atoms with van der Waals surface area (Å²) in [5, 5.41) is 7.01. The Morgan fingerprint density at radius 1 is 1.69 bits per heavy atom. The fourth-order valence-electron chi connectivity index (χ4n) is 0.863. The molecule has 0 aromatic rings. The Hall–Kier alpha value is -1.32. The molecule has 0 aliphatic heterocycles. The second-order valence-corrected chi connectivity index (χ2v) is 3.23. The van der Waals surface area contributed by atoms with Gasteiger partial charge in [0, 0.05) is 6.92 Å². The van der Waals surface area contributed by atoms with Crippen molar-refractivity contribution in [2.45, 2.75) is 19.8 Å². The van der Waals surface area contributed by atoms with Crippen LogP contribution in [0.5, 0.6) is 0 Å². The predicted octanol–water partition coefficient (Wildman–Crippen LogP) is 0.822. The minimum Gasteiger partial charge on any atom is -0.489 e. The number of ether oxygens (including phenoxy) is 1. The first kappa shape index (κ1) is 9.77. The molecule has 72 valence electrons. The van der Waals surface area contributed by atoms with E-state index in [1.807, 2.05) is 0 Å². The molecule has 1 aliphatic rings. The van der Waals surface area contributed by atoms with E-state index in [4.69, 9.17) is 15.9 Å². The van der Waals surface area contributed by atoms with E-state index < -0.39 is 0 Å². The fourth-order valence-corrected chi connectivity index (χ4v) is 0.863. The van der Waals surface area contributed by atoms with Crippen LogP contribution in [-0.4, -0.2) is 18.6 Å². The molecular weight excluding hydrogens is 168 g/mol. The monoisotopic (exact) mass is 182 g/mol. The first-order chi connectivity index (χ1) is 6.15. The summed E-state index contributed by atoms with van der Waals surface area (Å²) >= 11 is 0. The average molecular weight is 182 g/mol. The van der Waals surface area contributed by atoms with Gasteiger partial charge in [-0.05, 0) is 18.8 Å². The molecule has 0 aromatic heterocycles. The number of Topliss-reactive ketones (excluding diaryl/α,β-unsaturated/α-hetero) is 1. The maximum atomic E-state index is 10.8. The number of hydrogen-bond donors (Lipinski definition) is 2. The van der Waals surface area contributed by atoms with Gasteiger partial charge in [0.2, 0.25) is 0 Å². The van der Waals surface area contributed by atoms with Gasteiger partial charge in [-0.15, -0.1) is 0 Å². The van der Waals surface area contributed by atoms with E-state index in [0.29, 0.717) is 12.5 Å². The Morgan fingerprint density at radius 3 is 2.69 bits per heavy atom. The van der Waals surface area contributed by atoms with Crippen LogP contribution in [0.1, 0.15) is 19.8 Å². The summed E-state index contributed by atoms with van der Waals surface area (Å²) in [6.07, 6.45) is 3.33. The number of carbonyl (C=O) groups excluding carboxylic acids is 1. The van der Waals surface area contributed by atoms with Crippen LogP contribution in [0, 0.1) is 11.3 Å². The van der Waals surface area contributed by atoms with Gasteiger partial charge in [-0.25, -0.2) is 0 Å². The van der Waals surface area contributed by atoms with Crippen molar-refractivity contribution in [3.63, 3.8) is 0 Å². The summed E-state index contributed by atoms with van der Waals surface area (Å²) in [5.41, 5.74) is 5.47. The van der Waals surface area contributed by atoms with Crippen molar-refractivity contribution in [3.05, 3.63) is 11.5 Å². The number of hydrogen-bond acceptors (Lipinski definition) is 4. The average Bonchev–Trinajstić information content (AvgIpc) is 2.88. The zero-order valence-corrected chi connectivity index (χ0v) is 7.67. The first-order valence-electron chi connectivity index (χ1n) is 4.29. The molecule has 4 heteroatoms. The lowest BCUT2D eigenvalue weighted by Gasteiger charge is -2.06. The Kier molecular flexibility index (Phi) is 3.06. The highest BCUT2D eigenvalue weighted by atomic mass is 16.5. The van der Waals surface area contributed by atoms with Gasteiger partial charge in [-0.1, -0.05) is 0 Å². The zero-order valence-electron chi connectivity index (χ0n) is 7.67. The number of allylic oxidation sites excluding steroid dienone is 2. The summed E-state index contributed by atoms with van der Waals surface area (Å²) in [7, 11) is 0. The van der Waals surface area contributed by atoms with Crippen LogP contribution in [0.3, 0.4) is 0 Å². The Labute approximate surface area is 77.3 Å². The van der Waals surface area contributed by atoms with E-state index in [1.165, 1.54) is 19.8 Å². The fraction of sp³-hybridized carbons (Fsp3) is 0.556. The molecule has 1 fully saturated rings. The van der Waals surface area contributed by atoms with Crippen LogP contribution >= 0.6 is 0 Å². The second kappa shape index (κ2) is 4.07. The smallest absolute Gasteiger partial charge is 0.179 e. The van der Waals surface area contributed by atoms with Crippen LogP contribution in [0.15, 0.2) is 11.5 Å². The van der Waals surface area contributed by atoms with E-state index in [9.17, 15) is 4.79 Å². The van der Waals surface area contributed by atoms with Crippen molar-refractivity contribution in [1.29, 1.82) is 5.41 Å². The van der Waals surface area contributed by atoms with Crippen LogP contribution in [0.25, 0.3) is 0 Å². The minimum atomic E-state index is -0.255. The standard InChI is InChI=1S/C9H14N2O2/c1-6(12)9(11)8(4-10)13-5-7-2-3-7/h4,7,10H,2-3,5,11H2,1H3. The van der Waals surface area contributed by atoms with Gasteiger partial charge in [0.1, 0.15) is 5.70 Å². The number of ketones is 1. The quantitative estimate of drug-likeness (QED) is 0.375. The van der Waals surface area contributed by atoms with Gasteiger partial charge >= 0.3 is 0 Å². The van der Waals surface area contributed by atoms with Gasteiger partial charge in [-0.3, -0.25) is 4.79 Å². The summed E-state index contributed by atoms with van der Waals surface area (Å²) in [6, 6.07) is 0. The Morgan fingerprint density at radius 2 is 2.31 bits per heavy atom. The number of nitrogens with one attached hydrogen (secondary N) is 1. The third-order valence-corrected chi connectivity index (χ3v) is 1.95. The highest BCUT2D eigenvalue weighted by molar-refractivity contribution is 5.97. The van der Waals surface area contributed by atoms with Gasteiger partial charge in [0.25, 0.3) is 0 Å². The van der Waals surface area contributed by atoms with Crippen LogP contribution in [0.2, 0.25) is 0 Å². The molecule has 0 spiro atoms. The maximum absolute atomic E-state index is 10.8. The van der Waals surface area contributed by atoms with Gasteiger partial charge < -0.3 is 15.9 Å². The second-order valence-electron chi connectivity index (χ2n) is 3.23. The lowest BCUT2D eigenvalue weighted by atomic mass is 10.3. The summed E-state index contributed by atoms with van der Waals surface area (Å²) in [5.74, 6) is 0.531. The largest absolute Gasteiger partial charge is 0.489 e. The normalized spacial score (nSPS) is 17.6. The van der Waals surface area contributed by atoms with E-state index in [-0.39, 0.29) is 17.2 Å². The summed E-state index contributed by atoms with van der Waals surface area (Å²) in [4.78, 5) is 10.8. The molecule has 0 amide bonds. The summed E-state index contributed by atoms with van der Waals surface area (Å²) in [6.45, 7) is 1.93. The lowest BCUT2D eigenvalue weighted by Crippen LogP contribution is -2.14. The highest BCUT2D eigenvalue weighted by Gasteiger charge is 2.22. The Balaban J connectivity index is 2.52. The molecule has 13 heavy (non-hydrogen) atoms. The molecule has 4 nitrogen and oxygen atoms in total. The molecule has 1 aliphatic carbocycles. The molecule has 0 unspecified atom stereocenters. The van der Waals surface area contributed by atoms with E-state index in [2.05, 4.69) is 0 Å². The first-order valence-corrected chi connectivity index (χ1v) is 4.29. The molecular formula is C9H14N2O2. The molecule has 0 saturated heterocycles. The molecule has 1 rings (SSSR count). The minimum absolute atomic E-state index is 0.0376. The van der Waals surface area contributed by atoms with Crippen LogP contribution in [0.4, 0.5) is 0 Å². The Bertz CT molecular complexity index is 254. The van der Waals surface area contributed by atoms with Crippen molar-refractivity contribution >= 4 is 12.0 Å². The van der Waals surface area contributed by atoms with E-state index in [1.54, 1.807) is 0 Å². The van der Waals surface area contributed by atoms with Crippen molar-refractivity contribution in [1.82, 2.24) is 0 Å². The zero-order chi connectivity index (χ0) is 9.84. The van der Waals surface area contributed by atoms with Gasteiger partial charge in [-0.2, -0.15) is 0 Å².